The SMILES string of the molecule is CN(Cc1ccccc1NC(=O)CNC(=O)CC(C)(C)C)C(=O)CNC(=O)CC(C)(C)C. The van der Waals surface area contributed by atoms with Crippen LogP contribution < -0.4 is 16.0 Å². The minimum Gasteiger partial charge on any atom is -0.347 e. The first-order valence-electron chi connectivity index (χ1n) is 10.8. The van der Waals surface area contributed by atoms with Crippen molar-refractivity contribution >= 4 is 29.3 Å². The zero-order valence-electron chi connectivity index (χ0n) is 20.4. The normalized spacial score (nSPS) is 11.5. The second-order valence-corrected chi connectivity index (χ2v) is 10.5. The maximum absolute atomic E-state index is 12.4. The van der Waals surface area contributed by atoms with Gasteiger partial charge in [0.15, 0.2) is 0 Å². The van der Waals surface area contributed by atoms with Gasteiger partial charge in [0.05, 0.1) is 13.1 Å². The van der Waals surface area contributed by atoms with E-state index in [-0.39, 0.29) is 54.1 Å². The number of hydrogen-bond acceptors (Lipinski definition) is 4. The fourth-order valence-electron chi connectivity index (χ4n) is 2.89. The molecule has 0 radical (unpaired) electrons. The molecule has 0 heterocycles. The van der Waals surface area contributed by atoms with Crippen LogP contribution in [0.3, 0.4) is 0 Å². The summed E-state index contributed by atoms with van der Waals surface area (Å²) < 4.78 is 0. The number of likely N-dealkylation sites (N-methyl/N-ethyl adjacent to an activating group) is 1. The third kappa shape index (κ3) is 11.5. The van der Waals surface area contributed by atoms with Crippen LogP contribution in [0.4, 0.5) is 5.69 Å². The number of carbonyl (C=O) groups excluding carboxylic acids is 4. The average molecular weight is 447 g/mol. The highest BCUT2D eigenvalue weighted by Gasteiger charge is 2.19. The molecule has 0 saturated heterocycles. The van der Waals surface area contributed by atoms with Crippen LogP contribution in [0.1, 0.15) is 59.9 Å². The maximum atomic E-state index is 12.4. The highest BCUT2D eigenvalue weighted by molar-refractivity contribution is 5.95. The number of nitrogens with zero attached hydrogens (tertiary/aromatic N) is 1. The molecule has 8 heteroatoms. The largest absolute Gasteiger partial charge is 0.347 e. The van der Waals surface area contributed by atoms with Crippen molar-refractivity contribution in [2.24, 2.45) is 10.8 Å². The summed E-state index contributed by atoms with van der Waals surface area (Å²) in [5.74, 6) is -0.925. The van der Waals surface area contributed by atoms with Crippen LogP contribution in [-0.4, -0.2) is 48.7 Å². The van der Waals surface area contributed by atoms with Gasteiger partial charge in [-0.2, -0.15) is 0 Å². The van der Waals surface area contributed by atoms with E-state index in [1.165, 1.54) is 4.90 Å². The second-order valence-electron chi connectivity index (χ2n) is 10.5. The van der Waals surface area contributed by atoms with Crippen molar-refractivity contribution in [1.82, 2.24) is 15.5 Å². The van der Waals surface area contributed by atoms with Gasteiger partial charge in [-0.1, -0.05) is 59.7 Å². The molecule has 3 N–H and O–H groups in total. The van der Waals surface area contributed by atoms with Gasteiger partial charge < -0.3 is 20.9 Å². The summed E-state index contributed by atoms with van der Waals surface area (Å²) in [6.45, 7) is 11.8. The zero-order valence-corrected chi connectivity index (χ0v) is 20.4. The van der Waals surface area contributed by atoms with Crippen LogP contribution in [-0.2, 0) is 25.7 Å². The van der Waals surface area contributed by atoms with Gasteiger partial charge in [-0.15, -0.1) is 0 Å². The van der Waals surface area contributed by atoms with Gasteiger partial charge in [0.25, 0.3) is 0 Å². The van der Waals surface area contributed by atoms with Crippen molar-refractivity contribution in [3.05, 3.63) is 29.8 Å². The smallest absolute Gasteiger partial charge is 0.243 e. The van der Waals surface area contributed by atoms with Crippen molar-refractivity contribution in [2.75, 3.05) is 25.5 Å². The van der Waals surface area contributed by atoms with E-state index in [0.29, 0.717) is 18.5 Å². The third-order valence-electron chi connectivity index (χ3n) is 4.39. The Labute approximate surface area is 191 Å². The van der Waals surface area contributed by atoms with Crippen molar-refractivity contribution in [1.29, 1.82) is 0 Å². The molecule has 4 amide bonds. The lowest BCUT2D eigenvalue weighted by Gasteiger charge is -2.21. The quantitative estimate of drug-likeness (QED) is 0.542. The number of para-hydroxylation sites is 1. The van der Waals surface area contributed by atoms with Crippen molar-refractivity contribution in [3.63, 3.8) is 0 Å². The minimum absolute atomic E-state index is 0.0836. The van der Waals surface area contributed by atoms with Crippen molar-refractivity contribution in [2.45, 2.75) is 60.9 Å². The van der Waals surface area contributed by atoms with Gasteiger partial charge in [-0.05, 0) is 22.5 Å². The van der Waals surface area contributed by atoms with Crippen molar-refractivity contribution in [3.8, 4) is 0 Å². The molecule has 0 unspecified atom stereocenters. The lowest BCUT2D eigenvalue weighted by Crippen LogP contribution is -2.39. The average Bonchev–Trinajstić information content (AvgIpc) is 2.63. The first-order chi connectivity index (χ1) is 14.7. The van der Waals surface area contributed by atoms with Crippen LogP contribution in [0, 0.1) is 10.8 Å². The molecule has 0 bridgehead atoms. The molecule has 0 saturated carbocycles. The monoisotopic (exact) mass is 446 g/mol. The summed E-state index contributed by atoms with van der Waals surface area (Å²) in [4.78, 5) is 50.1. The number of nitrogens with one attached hydrogen (secondary N) is 3. The Kier molecular flexibility index (Phi) is 9.87. The molecule has 1 aromatic carbocycles. The van der Waals surface area contributed by atoms with E-state index in [1.807, 2.05) is 53.7 Å². The summed E-state index contributed by atoms with van der Waals surface area (Å²) >= 11 is 0. The maximum Gasteiger partial charge on any atom is 0.243 e. The Morgan fingerprint density at radius 1 is 0.781 bits per heavy atom. The zero-order chi connectivity index (χ0) is 24.5. The van der Waals surface area contributed by atoms with Crippen LogP contribution in [0.25, 0.3) is 0 Å². The van der Waals surface area contributed by atoms with E-state index >= 15 is 0 Å². The summed E-state index contributed by atoms with van der Waals surface area (Å²) in [6.07, 6.45) is 0.668. The fraction of sp³-hybridized carbons (Fsp3) is 0.583. The Hall–Kier alpha value is -2.90. The van der Waals surface area contributed by atoms with E-state index in [2.05, 4.69) is 16.0 Å². The predicted octanol–water partition coefficient (Wildman–Crippen LogP) is 2.69. The predicted molar refractivity (Wildman–Crippen MR) is 126 cm³/mol. The summed E-state index contributed by atoms with van der Waals surface area (Å²) in [5, 5.41) is 8.07. The Morgan fingerprint density at radius 2 is 1.28 bits per heavy atom. The highest BCUT2D eigenvalue weighted by Crippen LogP contribution is 2.19. The molecule has 178 valence electrons. The molecule has 0 fully saturated rings. The number of hydrogen-bond donors (Lipinski definition) is 3. The molecular weight excluding hydrogens is 408 g/mol. The van der Waals surface area contributed by atoms with Crippen LogP contribution >= 0.6 is 0 Å². The minimum atomic E-state index is -0.344. The van der Waals surface area contributed by atoms with Crippen LogP contribution in [0.2, 0.25) is 0 Å². The number of benzene rings is 1. The van der Waals surface area contributed by atoms with E-state index < -0.39 is 0 Å². The molecule has 1 aromatic rings. The summed E-state index contributed by atoms with van der Waals surface area (Å²) in [6, 6.07) is 7.16. The second kappa shape index (κ2) is 11.6. The first kappa shape index (κ1) is 27.1. The summed E-state index contributed by atoms with van der Waals surface area (Å²) in [5.41, 5.74) is 1.01. The molecule has 0 atom stereocenters. The number of carbonyl (C=O) groups is 4. The Bertz CT molecular complexity index is 822. The summed E-state index contributed by atoms with van der Waals surface area (Å²) in [7, 11) is 1.64. The lowest BCUT2D eigenvalue weighted by molar-refractivity contribution is -0.132. The van der Waals surface area contributed by atoms with Gasteiger partial charge in [0, 0.05) is 32.1 Å². The number of rotatable bonds is 9. The first-order valence-corrected chi connectivity index (χ1v) is 10.8. The molecule has 0 aliphatic rings. The van der Waals surface area contributed by atoms with Crippen LogP contribution in [0.15, 0.2) is 24.3 Å². The van der Waals surface area contributed by atoms with E-state index in [9.17, 15) is 19.2 Å². The van der Waals surface area contributed by atoms with Gasteiger partial charge >= 0.3 is 0 Å². The lowest BCUT2D eigenvalue weighted by atomic mass is 9.92. The van der Waals surface area contributed by atoms with Crippen LogP contribution in [0.5, 0.6) is 0 Å². The number of amides is 4. The Morgan fingerprint density at radius 3 is 1.81 bits per heavy atom. The molecular formula is C24H38N4O4. The fourth-order valence-corrected chi connectivity index (χ4v) is 2.89. The van der Waals surface area contributed by atoms with Gasteiger partial charge in [0.2, 0.25) is 23.6 Å². The highest BCUT2D eigenvalue weighted by atomic mass is 16.2. The number of anilines is 1. The standard InChI is InChI=1S/C24H38N4O4/c1-23(2,3)12-19(29)25-14-21(31)27-18-11-9-8-10-17(18)16-28(7)22(32)15-26-20(30)13-24(4,5)6/h8-11H,12-16H2,1-7H3,(H,25,29)(H,26,30)(H,27,31). The van der Waals surface area contributed by atoms with Gasteiger partial charge in [-0.3, -0.25) is 19.2 Å². The molecule has 1 rings (SSSR count). The van der Waals surface area contributed by atoms with Gasteiger partial charge in [0.1, 0.15) is 0 Å². The van der Waals surface area contributed by atoms with Crippen molar-refractivity contribution < 1.29 is 19.2 Å². The topological polar surface area (TPSA) is 108 Å². The molecule has 8 nitrogen and oxygen atoms in total. The molecule has 0 aromatic heterocycles. The molecule has 0 spiro atoms. The van der Waals surface area contributed by atoms with E-state index in [4.69, 9.17) is 0 Å². The third-order valence-corrected chi connectivity index (χ3v) is 4.39. The molecule has 0 aliphatic carbocycles. The van der Waals surface area contributed by atoms with E-state index in [0.717, 1.165) is 5.56 Å². The Balaban J connectivity index is 2.61. The van der Waals surface area contributed by atoms with Gasteiger partial charge in [-0.25, -0.2) is 0 Å². The van der Waals surface area contributed by atoms with E-state index in [1.54, 1.807) is 19.2 Å². The molecule has 0 aliphatic heterocycles. The molecule has 32 heavy (non-hydrogen) atoms.